The fraction of sp³-hybridized carbons (Fsp3) is 0.375. The molecule has 1 saturated heterocycles. The van der Waals surface area contributed by atoms with Gasteiger partial charge in [-0.2, -0.15) is 13.2 Å². The monoisotopic (exact) mass is 466 g/mol. The average molecular weight is 467 g/mol. The Hall–Kier alpha value is -2.51. The van der Waals surface area contributed by atoms with Crippen LogP contribution in [-0.4, -0.2) is 35.5 Å². The third kappa shape index (κ3) is 6.74. The zero-order chi connectivity index (χ0) is 23.3. The summed E-state index contributed by atoms with van der Waals surface area (Å²) in [6.07, 6.45) is 1.15. The van der Waals surface area contributed by atoms with E-state index in [1.807, 2.05) is 0 Å². The molecule has 1 aliphatic rings. The third-order valence-corrected chi connectivity index (χ3v) is 6.00. The molecule has 0 aromatic heterocycles. The van der Waals surface area contributed by atoms with Crippen LogP contribution in [-0.2, 0) is 17.4 Å². The maximum absolute atomic E-state index is 12.7. The Bertz CT molecular complexity index is 984. The summed E-state index contributed by atoms with van der Waals surface area (Å²) in [4.78, 5) is 14.6. The minimum absolute atomic E-state index is 0.103. The van der Waals surface area contributed by atoms with E-state index < -0.39 is 17.6 Å². The predicted molar refractivity (Wildman–Crippen MR) is 121 cm³/mol. The van der Waals surface area contributed by atoms with Crippen molar-refractivity contribution in [2.75, 3.05) is 25.0 Å². The van der Waals surface area contributed by atoms with Gasteiger partial charge in [0.1, 0.15) is 5.75 Å². The molecule has 2 aromatic carbocycles. The summed E-state index contributed by atoms with van der Waals surface area (Å²) in [5, 5.41) is 12.8. The Kier molecular flexibility index (Phi) is 7.85. The Morgan fingerprint density at radius 2 is 1.94 bits per heavy atom. The van der Waals surface area contributed by atoms with Crippen LogP contribution in [0.1, 0.15) is 36.5 Å². The number of nitrogens with zero attached hydrogens (tertiary/aromatic N) is 1. The van der Waals surface area contributed by atoms with Crippen molar-refractivity contribution in [1.29, 1.82) is 0 Å². The molecule has 1 amide bonds. The summed E-state index contributed by atoms with van der Waals surface area (Å²) in [6, 6.07) is 7.92. The van der Waals surface area contributed by atoms with Gasteiger partial charge in [0.2, 0.25) is 5.91 Å². The molecule has 2 N–H and O–H groups in total. The van der Waals surface area contributed by atoms with E-state index in [1.54, 1.807) is 12.1 Å². The average Bonchev–Trinajstić information content (AvgIpc) is 2.73. The van der Waals surface area contributed by atoms with Crippen LogP contribution in [0, 0.1) is 5.92 Å². The van der Waals surface area contributed by atoms with E-state index in [0.717, 1.165) is 49.7 Å². The number of anilines is 1. The third-order valence-electron chi connectivity index (χ3n) is 5.67. The highest BCUT2D eigenvalue weighted by molar-refractivity contribution is 6.32. The molecular formula is C24H26ClF3N2O2. The van der Waals surface area contributed by atoms with Crippen molar-refractivity contribution in [3.63, 3.8) is 0 Å². The van der Waals surface area contributed by atoms with Crippen molar-refractivity contribution in [3.05, 3.63) is 64.2 Å². The highest BCUT2D eigenvalue weighted by atomic mass is 35.5. The molecule has 0 radical (unpaired) electrons. The Morgan fingerprint density at radius 1 is 1.22 bits per heavy atom. The Balaban J connectivity index is 1.55. The zero-order valence-electron chi connectivity index (χ0n) is 17.8. The van der Waals surface area contributed by atoms with Gasteiger partial charge in [0, 0.05) is 29.4 Å². The number of carbonyl (C=O) groups excluding carboxylic acids is 1. The number of hydrogen-bond acceptors (Lipinski definition) is 3. The molecule has 32 heavy (non-hydrogen) atoms. The van der Waals surface area contributed by atoms with Gasteiger partial charge in [-0.05, 0) is 73.7 Å². The first-order valence-corrected chi connectivity index (χ1v) is 10.9. The number of phenolic OH excluding ortho intramolecular Hbond substituents is 1. The van der Waals surface area contributed by atoms with Crippen molar-refractivity contribution in [2.24, 2.45) is 5.92 Å². The van der Waals surface area contributed by atoms with Gasteiger partial charge in [-0.1, -0.05) is 30.7 Å². The molecule has 1 heterocycles. The fourth-order valence-electron chi connectivity index (χ4n) is 3.61. The number of aromatic hydroxyl groups is 1. The van der Waals surface area contributed by atoms with Crippen LogP contribution in [0.2, 0.25) is 5.02 Å². The highest BCUT2D eigenvalue weighted by Crippen LogP contribution is 2.32. The topological polar surface area (TPSA) is 52.6 Å². The quantitative estimate of drug-likeness (QED) is 0.514. The van der Waals surface area contributed by atoms with Crippen LogP contribution < -0.4 is 5.32 Å². The number of benzene rings is 2. The zero-order valence-corrected chi connectivity index (χ0v) is 18.5. The maximum atomic E-state index is 12.7. The van der Waals surface area contributed by atoms with Gasteiger partial charge in [-0.3, -0.25) is 4.79 Å². The fourth-order valence-corrected chi connectivity index (χ4v) is 3.85. The van der Waals surface area contributed by atoms with Crippen molar-refractivity contribution >= 4 is 29.3 Å². The SMILES string of the molecule is CC1CCN(CCc2ccc(NC(=O)/C=C/c3ccc(C(F)(F)F)cc3Cl)cc2O)CC1. The van der Waals surface area contributed by atoms with Gasteiger partial charge in [-0.25, -0.2) is 0 Å². The lowest BCUT2D eigenvalue weighted by Crippen LogP contribution is -2.34. The molecule has 0 aliphatic carbocycles. The van der Waals surface area contributed by atoms with Gasteiger partial charge in [0.05, 0.1) is 5.56 Å². The molecule has 0 unspecified atom stereocenters. The maximum Gasteiger partial charge on any atom is 0.416 e. The highest BCUT2D eigenvalue weighted by Gasteiger charge is 2.30. The molecule has 0 atom stereocenters. The van der Waals surface area contributed by atoms with E-state index in [9.17, 15) is 23.1 Å². The van der Waals surface area contributed by atoms with Gasteiger partial charge in [0.15, 0.2) is 0 Å². The van der Waals surface area contributed by atoms with E-state index in [2.05, 4.69) is 17.1 Å². The smallest absolute Gasteiger partial charge is 0.416 e. The lowest BCUT2D eigenvalue weighted by Gasteiger charge is -2.30. The largest absolute Gasteiger partial charge is 0.508 e. The number of alkyl halides is 3. The second-order valence-corrected chi connectivity index (χ2v) is 8.58. The van der Waals surface area contributed by atoms with E-state index >= 15 is 0 Å². The van der Waals surface area contributed by atoms with E-state index in [-0.39, 0.29) is 10.8 Å². The number of nitrogens with one attached hydrogen (secondary N) is 1. The number of carbonyl (C=O) groups is 1. The van der Waals surface area contributed by atoms with Crippen LogP contribution in [0.3, 0.4) is 0 Å². The number of hydrogen-bond donors (Lipinski definition) is 2. The van der Waals surface area contributed by atoms with Crippen molar-refractivity contribution < 1.29 is 23.1 Å². The summed E-state index contributed by atoms with van der Waals surface area (Å²) >= 11 is 5.89. The van der Waals surface area contributed by atoms with Gasteiger partial charge < -0.3 is 15.3 Å². The van der Waals surface area contributed by atoms with E-state index in [4.69, 9.17) is 11.6 Å². The van der Waals surface area contributed by atoms with Gasteiger partial charge in [-0.15, -0.1) is 0 Å². The van der Waals surface area contributed by atoms with Crippen LogP contribution >= 0.6 is 11.6 Å². The van der Waals surface area contributed by atoms with Crippen molar-refractivity contribution in [2.45, 2.75) is 32.4 Å². The number of rotatable bonds is 6. The Morgan fingerprint density at radius 3 is 2.56 bits per heavy atom. The molecule has 0 spiro atoms. The first-order chi connectivity index (χ1) is 15.1. The summed E-state index contributed by atoms with van der Waals surface area (Å²) in [7, 11) is 0. The lowest BCUT2D eigenvalue weighted by atomic mass is 9.99. The summed E-state index contributed by atoms with van der Waals surface area (Å²) in [6.45, 7) is 5.29. The molecule has 1 fully saturated rings. The van der Waals surface area contributed by atoms with Crippen molar-refractivity contribution in [3.8, 4) is 5.75 Å². The molecule has 2 aromatic rings. The Labute approximate surface area is 190 Å². The van der Waals surface area contributed by atoms with Crippen LogP contribution in [0.15, 0.2) is 42.5 Å². The summed E-state index contributed by atoms with van der Waals surface area (Å²) in [5.41, 5.74) is 0.676. The normalized spacial score (nSPS) is 15.9. The first-order valence-electron chi connectivity index (χ1n) is 10.5. The summed E-state index contributed by atoms with van der Waals surface area (Å²) < 4.78 is 38.1. The molecule has 0 saturated carbocycles. The van der Waals surface area contributed by atoms with E-state index in [1.165, 1.54) is 37.1 Å². The van der Waals surface area contributed by atoms with Gasteiger partial charge >= 0.3 is 6.18 Å². The number of amides is 1. The summed E-state index contributed by atoms with van der Waals surface area (Å²) in [5.74, 6) is 0.394. The van der Waals surface area contributed by atoms with Crippen LogP contribution in [0.4, 0.5) is 18.9 Å². The first kappa shape index (κ1) is 24.1. The molecule has 1 aliphatic heterocycles. The standard InChI is InChI=1S/C24H26ClF3N2O2/c1-16-8-11-30(12-9-16)13-10-18-3-6-20(15-22(18)31)29-23(32)7-4-17-2-5-19(14-21(17)25)24(26,27)28/h2-7,14-16,31H,8-13H2,1H3,(H,29,32)/b7-4+. The second-order valence-electron chi connectivity index (χ2n) is 8.17. The van der Waals surface area contributed by atoms with Crippen molar-refractivity contribution in [1.82, 2.24) is 4.90 Å². The number of phenols is 1. The molecule has 0 bridgehead atoms. The molecular weight excluding hydrogens is 441 g/mol. The second kappa shape index (κ2) is 10.4. The lowest BCUT2D eigenvalue weighted by molar-refractivity contribution is -0.137. The molecule has 172 valence electrons. The molecule has 3 rings (SSSR count). The number of piperidine rings is 1. The minimum atomic E-state index is -4.48. The molecule has 8 heteroatoms. The van der Waals surface area contributed by atoms with Crippen LogP contribution in [0.5, 0.6) is 5.75 Å². The minimum Gasteiger partial charge on any atom is -0.508 e. The predicted octanol–water partition coefficient (Wildman–Crippen LogP) is 5.99. The number of halogens is 4. The van der Waals surface area contributed by atoms with Crippen LogP contribution in [0.25, 0.3) is 6.08 Å². The number of likely N-dealkylation sites (tertiary alicyclic amines) is 1. The van der Waals surface area contributed by atoms with Gasteiger partial charge in [0.25, 0.3) is 0 Å². The molecule has 4 nitrogen and oxygen atoms in total. The van der Waals surface area contributed by atoms with E-state index in [0.29, 0.717) is 11.3 Å².